The third-order valence-corrected chi connectivity index (χ3v) is 6.26. The second-order valence-corrected chi connectivity index (χ2v) is 8.86. The van der Waals surface area contributed by atoms with Crippen LogP contribution in [0.15, 0.2) is 35.3 Å². The molecule has 0 aromatic heterocycles. The van der Waals surface area contributed by atoms with Gasteiger partial charge in [-0.1, -0.05) is 30.3 Å². The summed E-state index contributed by atoms with van der Waals surface area (Å²) >= 11 is 0. The highest BCUT2D eigenvalue weighted by molar-refractivity contribution is 14.0. The number of halogens is 1. The van der Waals surface area contributed by atoms with E-state index in [0.717, 1.165) is 71.0 Å². The Balaban J connectivity index is 0.00000363. The second-order valence-electron chi connectivity index (χ2n) is 8.86. The van der Waals surface area contributed by atoms with E-state index < -0.39 is 0 Å². The Bertz CT molecular complexity index is 716. The molecule has 8 heteroatoms. The molecule has 2 unspecified atom stereocenters. The lowest BCUT2D eigenvalue weighted by Gasteiger charge is -2.26. The molecule has 0 spiro atoms. The van der Waals surface area contributed by atoms with E-state index in [2.05, 4.69) is 44.4 Å². The van der Waals surface area contributed by atoms with E-state index in [-0.39, 0.29) is 35.9 Å². The number of guanidine groups is 1. The van der Waals surface area contributed by atoms with E-state index in [1.807, 2.05) is 27.2 Å². The number of carbonyl (C=O) groups is 1. The normalized spacial score (nSPS) is 21.5. The van der Waals surface area contributed by atoms with Gasteiger partial charge in [0, 0.05) is 53.2 Å². The molecule has 7 nitrogen and oxygen atoms in total. The lowest BCUT2D eigenvalue weighted by Crippen LogP contribution is -2.44. The number of benzene rings is 1. The summed E-state index contributed by atoms with van der Waals surface area (Å²) in [5, 5.41) is 3.52. The number of likely N-dealkylation sites (tertiary alicyclic amines) is 2. The zero-order valence-corrected chi connectivity index (χ0v) is 22.2. The predicted octanol–water partition coefficient (Wildman–Crippen LogP) is 2.66. The topological polar surface area (TPSA) is 60.4 Å². The van der Waals surface area contributed by atoms with E-state index in [0.29, 0.717) is 12.5 Å². The number of nitrogens with zero attached hydrogens (tertiary/aromatic N) is 4. The molecule has 180 valence electrons. The Morgan fingerprint density at radius 3 is 2.72 bits per heavy atom. The summed E-state index contributed by atoms with van der Waals surface area (Å²) in [6.45, 7) is 6.32. The number of carbonyl (C=O) groups excluding carboxylic acids is 1. The van der Waals surface area contributed by atoms with Gasteiger partial charge in [-0.05, 0) is 37.8 Å². The van der Waals surface area contributed by atoms with Gasteiger partial charge in [0.15, 0.2) is 5.96 Å². The molecule has 3 rings (SSSR count). The molecule has 2 atom stereocenters. The fraction of sp³-hybridized carbons (Fsp3) is 0.667. The maximum Gasteiger partial charge on any atom is 0.239 e. The molecule has 2 fully saturated rings. The number of likely N-dealkylation sites (N-methyl/N-ethyl adjacent to an activating group) is 1. The minimum atomic E-state index is 0. The number of hydrogen-bond donors (Lipinski definition) is 1. The van der Waals surface area contributed by atoms with Crippen molar-refractivity contribution in [3.63, 3.8) is 0 Å². The summed E-state index contributed by atoms with van der Waals surface area (Å²) in [6, 6.07) is 10.4. The highest BCUT2D eigenvalue weighted by Gasteiger charge is 2.31. The van der Waals surface area contributed by atoms with Gasteiger partial charge in [0.2, 0.25) is 5.91 Å². The van der Waals surface area contributed by atoms with Gasteiger partial charge in [-0.3, -0.25) is 14.7 Å². The smallest absolute Gasteiger partial charge is 0.239 e. The van der Waals surface area contributed by atoms with Crippen LogP contribution < -0.4 is 5.32 Å². The molecule has 32 heavy (non-hydrogen) atoms. The summed E-state index contributed by atoms with van der Waals surface area (Å²) in [6.07, 6.45) is 4.24. The third kappa shape index (κ3) is 7.88. The lowest BCUT2D eigenvalue weighted by atomic mass is 10.1. The van der Waals surface area contributed by atoms with Crippen LogP contribution in [-0.2, 0) is 16.1 Å². The minimum absolute atomic E-state index is 0. The zero-order valence-electron chi connectivity index (χ0n) is 19.8. The number of ether oxygens (including phenoxy) is 1. The van der Waals surface area contributed by atoms with Crippen molar-refractivity contribution in [2.24, 2.45) is 10.9 Å². The van der Waals surface area contributed by atoms with Crippen LogP contribution in [0.2, 0.25) is 0 Å². The molecule has 2 aliphatic rings. The molecular weight excluding hydrogens is 517 g/mol. The molecule has 1 amide bonds. The van der Waals surface area contributed by atoms with Crippen molar-refractivity contribution in [1.82, 2.24) is 20.0 Å². The summed E-state index contributed by atoms with van der Waals surface area (Å²) < 4.78 is 5.94. The number of hydrogen-bond acceptors (Lipinski definition) is 4. The van der Waals surface area contributed by atoms with Gasteiger partial charge >= 0.3 is 0 Å². The SMILES string of the molecule is CN=C(NCCCN1CCCC1C(=O)N(C)C)N1CCC(COCc2ccccc2)C1.I. The first-order chi connectivity index (χ1) is 15.1. The van der Waals surface area contributed by atoms with E-state index in [1.165, 1.54) is 5.56 Å². The first kappa shape index (κ1) is 26.9. The van der Waals surface area contributed by atoms with E-state index in [9.17, 15) is 4.79 Å². The number of rotatable bonds is 9. The van der Waals surface area contributed by atoms with Gasteiger partial charge in [0.05, 0.1) is 19.3 Å². The average Bonchev–Trinajstić information content (AvgIpc) is 3.44. The van der Waals surface area contributed by atoms with Crippen LogP contribution in [0, 0.1) is 5.92 Å². The van der Waals surface area contributed by atoms with Crippen LogP contribution in [0.5, 0.6) is 0 Å². The van der Waals surface area contributed by atoms with Crippen LogP contribution in [0.4, 0.5) is 0 Å². The molecule has 2 heterocycles. The molecule has 1 aromatic carbocycles. The Labute approximate surface area is 210 Å². The van der Waals surface area contributed by atoms with Crippen molar-refractivity contribution in [2.45, 2.75) is 38.3 Å². The molecule has 2 aliphatic heterocycles. The van der Waals surface area contributed by atoms with E-state index in [1.54, 1.807) is 4.90 Å². The zero-order chi connectivity index (χ0) is 22.1. The van der Waals surface area contributed by atoms with Crippen LogP contribution in [0.3, 0.4) is 0 Å². The van der Waals surface area contributed by atoms with Crippen molar-refractivity contribution in [3.8, 4) is 0 Å². The molecule has 0 radical (unpaired) electrons. The number of nitrogens with one attached hydrogen (secondary N) is 1. The van der Waals surface area contributed by atoms with Crippen LogP contribution in [-0.4, -0.2) is 93.1 Å². The van der Waals surface area contributed by atoms with Crippen LogP contribution in [0.25, 0.3) is 0 Å². The number of aliphatic imine (C=N–C) groups is 1. The summed E-state index contributed by atoms with van der Waals surface area (Å²) in [5.41, 5.74) is 1.22. The molecule has 0 bridgehead atoms. The molecule has 1 aromatic rings. The average molecular weight is 558 g/mol. The summed E-state index contributed by atoms with van der Waals surface area (Å²) in [7, 11) is 5.55. The van der Waals surface area contributed by atoms with Crippen molar-refractivity contribution in [3.05, 3.63) is 35.9 Å². The monoisotopic (exact) mass is 557 g/mol. The lowest BCUT2D eigenvalue weighted by molar-refractivity contribution is -0.133. The van der Waals surface area contributed by atoms with Gasteiger partial charge < -0.3 is 19.9 Å². The quantitative estimate of drug-likeness (QED) is 0.219. The Hall–Kier alpha value is -1.39. The maximum atomic E-state index is 12.3. The molecule has 1 N–H and O–H groups in total. The van der Waals surface area contributed by atoms with Gasteiger partial charge in [-0.2, -0.15) is 0 Å². The predicted molar refractivity (Wildman–Crippen MR) is 140 cm³/mol. The number of amides is 1. The third-order valence-electron chi connectivity index (χ3n) is 6.26. The fourth-order valence-electron chi connectivity index (χ4n) is 4.56. The highest BCUT2D eigenvalue weighted by Crippen LogP contribution is 2.19. The summed E-state index contributed by atoms with van der Waals surface area (Å²) in [4.78, 5) is 23.2. The Morgan fingerprint density at radius 1 is 1.22 bits per heavy atom. The van der Waals surface area contributed by atoms with Gasteiger partial charge in [0.1, 0.15) is 0 Å². The second kappa shape index (κ2) is 14.0. The Morgan fingerprint density at radius 2 is 2.00 bits per heavy atom. The first-order valence-corrected chi connectivity index (χ1v) is 11.6. The highest BCUT2D eigenvalue weighted by atomic mass is 127. The first-order valence-electron chi connectivity index (χ1n) is 11.6. The van der Waals surface area contributed by atoms with E-state index >= 15 is 0 Å². The summed E-state index contributed by atoms with van der Waals surface area (Å²) in [5.74, 6) is 1.76. The Kier molecular flexibility index (Phi) is 11.7. The van der Waals surface area contributed by atoms with Crippen molar-refractivity contribution >= 4 is 35.8 Å². The molecular formula is C24H40IN5O2. The maximum absolute atomic E-state index is 12.3. The van der Waals surface area contributed by atoms with Crippen molar-refractivity contribution in [1.29, 1.82) is 0 Å². The molecule has 0 saturated carbocycles. The van der Waals surface area contributed by atoms with Gasteiger partial charge in [0.25, 0.3) is 0 Å². The van der Waals surface area contributed by atoms with E-state index in [4.69, 9.17) is 4.74 Å². The van der Waals surface area contributed by atoms with Crippen molar-refractivity contribution < 1.29 is 9.53 Å². The van der Waals surface area contributed by atoms with Crippen molar-refractivity contribution in [2.75, 3.05) is 60.5 Å². The largest absolute Gasteiger partial charge is 0.376 e. The van der Waals surface area contributed by atoms with Gasteiger partial charge in [-0.25, -0.2) is 0 Å². The molecule has 2 saturated heterocycles. The van der Waals surface area contributed by atoms with Crippen LogP contribution >= 0.6 is 24.0 Å². The fourth-order valence-corrected chi connectivity index (χ4v) is 4.56. The van der Waals surface area contributed by atoms with Gasteiger partial charge in [-0.15, -0.1) is 24.0 Å². The standard InChI is InChI=1S/C24H39N5O2.HI/c1-25-24(26-13-8-15-28-14-7-11-22(28)23(30)27(2)3)29-16-12-21(17-29)19-31-18-20-9-5-4-6-10-20;/h4-6,9-10,21-22H,7-8,11-19H2,1-3H3,(H,25,26);1H. The molecule has 0 aliphatic carbocycles. The van der Waals surface area contributed by atoms with Crippen LogP contribution in [0.1, 0.15) is 31.2 Å². The minimum Gasteiger partial charge on any atom is -0.376 e.